The van der Waals surface area contributed by atoms with E-state index in [0.29, 0.717) is 18.3 Å². The maximum absolute atomic E-state index is 10.3. The lowest BCUT2D eigenvalue weighted by atomic mass is 10.0. The molecule has 24 heavy (non-hydrogen) atoms. The number of rotatable bonds is 5. The molecule has 2 aromatic heterocycles. The third kappa shape index (κ3) is 3.94. The molecule has 3 heterocycles. The van der Waals surface area contributed by atoms with Crippen LogP contribution in [-0.2, 0) is 0 Å². The Hall–Kier alpha value is -1.92. The van der Waals surface area contributed by atoms with Crippen molar-refractivity contribution < 1.29 is 9.52 Å². The zero-order valence-corrected chi connectivity index (χ0v) is 14.6. The van der Waals surface area contributed by atoms with Crippen molar-refractivity contribution in [2.24, 2.45) is 0 Å². The highest BCUT2D eigenvalue weighted by Crippen LogP contribution is 2.23. The molecule has 0 spiro atoms. The summed E-state index contributed by atoms with van der Waals surface area (Å²) >= 11 is 0. The van der Waals surface area contributed by atoms with E-state index in [-0.39, 0.29) is 0 Å². The Balaban J connectivity index is 1.52. The predicted octanol–water partition coefficient (Wildman–Crippen LogP) is 2.32. The van der Waals surface area contributed by atoms with E-state index >= 15 is 0 Å². The number of aryl methyl sites for hydroxylation is 2. The Kier molecular flexibility index (Phi) is 5.16. The molecule has 6 heteroatoms. The molecular weight excluding hydrogens is 304 g/mol. The van der Waals surface area contributed by atoms with E-state index in [1.165, 1.54) is 0 Å². The fourth-order valence-corrected chi connectivity index (χ4v) is 3.28. The summed E-state index contributed by atoms with van der Waals surface area (Å²) in [7, 11) is 2.10. The number of furan rings is 1. The molecule has 1 atom stereocenters. The van der Waals surface area contributed by atoms with Crippen molar-refractivity contribution in [2.45, 2.75) is 38.8 Å². The van der Waals surface area contributed by atoms with Gasteiger partial charge in [-0.15, -0.1) is 0 Å². The minimum Gasteiger partial charge on any atom is -0.464 e. The van der Waals surface area contributed by atoms with Crippen molar-refractivity contribution in [1.29, 1.82) is 0 Å². The van der Waals surface area contributed by atoms with Crippen LogP contribution in [0, 0.1) is 13.8 Å². The molecular formula is C18H26N4O2. The first-order valence-electron chi connectivity index (χ1n) is 8.51. The van der Waals surface area contributed by atoms with E-state index in [9.17, 15) is 5.11 Å². The number of likely N-dealkylation sites (tertiary alicyclic amines) is 1. The molecule has 0 radical (unpaired) electrons. The van der Waals surface area contributed by atoms with Crippen molar-refractivity contribution >= 4 is 5.82 Å². The molecule has 0 saturated carbocycles. The molecule has 1 unspecified atom stereocenters. The molecule has 130 valence electrons. The van der Waals surface area contributed by atoms with E-state index in [2.05, 4.69) is 26.8 Å². The van der Waals surface area contributed by atoms with Crippen molar-refractivity contribution in [3.63, 3.8) is 0 Å². The lowest BCUT2D eigenvalue weighted by molar-refractivity contribution is 0.0810. The Morgan fingerprint density at radius 3 is 2.67 bits per heavy atom. The third-order valence-electron chi connectivity index (χ3n) is 4.78. The maximum atomic E-state index is 10.3. The van der Waals surface area contributed by atoms with E-state index in [4.69, 9.17) is 4.42 Å². The highest BCUT2D eigenvalue weighted by atomic mass is 16.4. The number of piperidine rings is 1. The van der Waals surface area contributed by atoms with Crippen LogP contribution in [0.5, 0.6) is 0 Å². The first-order valence-corrected chi connectivity index (χ1v) is 8.51. The van der Waals surface area contributed by atoms with Crippen molar-refractivity contribution in [3.8, 4) is 0 Å². The topological polar surface area (TPSA) is 65.6 Å². The minimum absolute atomic E-state index is 0.471. The Bertz CT molecular complexity index is 665. The van der Waals surface area contributed by atoms with Crippen LogP contribution in [0.1, 0.15) is 36.2 Å². The monoisotopic (exact) mass is 330 g/mol. The third-order valence-corrected chi connectivity index (χ3v) is 4.78. The van der Waals surface area contributed by atoms with Gasteiger partial charge in [0.1, 0.15) is 29.8 Å². The van der Waals surface area contributed by atoms with Gasteiger partial charge in [-0.3, -0.25) is 0 Å². The number of nitrogens with zero attached hydrogens (tertiary/aromatic N) is 4. The van der Waals surface area contributed by atoms with E-state index in [1.807, 2.05) is 32.0 Å². The molecule has 0 amide bonds. The van der Waals surface area contributed by atoms with Crippen LogP contribution < -0.4 is 4.90 Å². The van der Waals surface area contributed by atoms with Crippen LogP contribution in [0.2, 0.25) is 0 Å². The number of hydrogen-bond acceptors (Lipinski definition) is 6. The van der Waals surface area contributed by atoms with Gasteiger partial charge in [0.15, 0.2) is 0 Å². The van der Waals surface area contributed by atoms with Gasteiger partial charge < -0.3 is 19.3 Å². The molecule has 1 aliphatic heterocycles. The molecule has 1 N–H and O–H groups in total. The van der Waals surface area contributed by atoms with Gasteiger partial charge in [-0.05, 0) is 38.8 Å². The first kappa shape index (κ1) is 16.9. The smallest absolute Gasteiger partial charge is 0.133 e. The predicted molar refractivity (Wildman–Crippen MR) is 93.0 cm³/mol. The standard InChI is InChI=1S/C18H26N4O2/c1-13-10-18(20-12-19-13)21(3)15-6-8-22(9-7-15)11-16(23)17-5-4-14(2)24-17/h4-5,10,12,15-16,23H,6-9,11H2,1-3H3. The second-order valence-corrected chi connectivity index (χ2v) is 6.62. The van der Waals surface area contributed by atoms with Crippen LogP contribution in [0.15, 0.2) is 28.9 Å². The zero-order valence-electron chi connectivity index (χ0n) is 14.6. The molecule has 0 bridgehead atoms. The Morgan fingerprint density at radius 1 is 1.29 bits per heavy atom. The maximum Gasteiger partial charge on any atom is 0.133 e. The van der Waals surface area contributed by atoms with Crippen LogP contribution in [-0.4, -0.2) is 52.7 Å². The van der Waals surface area contributed by atoms with Gasteiger partial charge in [-0.25, -0.2) is 9.97 Å². The lowest BCUT2D eigenvalue weighted by Gasteiger charge is -2.37. The van der Waals surface area contributed by atoms with Crippen LogP contribution >= 0.6 is 0 Å². The van der Waals surface area contributed by atoms with Crippen molar-refractivity contribution in [1.82, 2.24) is 14.9 Å². The van der Waals surface area contributed by atoms with Crippen molar-refractivity contribution in [3.05, 3.63) is 41.7 Å². The van der Waals surface area contributed by atoms with Gasteiger partial charge in [0.25, 0.3) is 0 Å². The summed E-state index contributed by atoms with van der Waals surface area (Å²) in [5.74, 6) is 2.47. The lowest BCUT2D eigenvalue weighted by Crippen LogP contribution is -2.44. The summed E-state index contributed by atoms with van der Waals surface area (Å²) in [6.07, 6.45) is 3.18. The highest BCUT2D eigenvalue weighted by Gasteiger charge is 2.25. The largest absolute Gasteiger partial charge is 0.464 e. The quantitative estimate of drug-likeness (QED) is 0.907. The van der Waals surface area contributed by atoms with Gasteiger partial charge in [0.05, 0.1) is 0 Å². The number of aliphatic hydroxyl groups excluding tert-OH is 1. The normalized spacial score (nSPS) is 17.8. The van der Waals surface area contributed by atoms with Gasteiger partial charge >= 0.3 is 0 Å². The van der Waals surface area contributed by atoms with Crippen LogP contribution in [0.25, 0.3) is 0 Å². The van der Waals surface area contributed by atoms with E-state index in [1.54, 1.807) is 6.33 Å². The molecule has 0 aliphatic carbocycles. The molecule has 1 fully saturated rings. The van der Waals surface area contributed by atoms with Crippen LogP contribution in [0.3, 0.4) is 0 Å². The fourth-order valence-electron chi connectivity index (χ4n) is 3.28. The summed E-state index contributed by atoms with van der Waals surface area (Å²) in [5.41, 5.74) is 0.987. The summed E-state index contributed by atoms with van der Waals surface area (Å²) in [6.45, 7) is 6.44. The number of β-amino-alcohol motifs (C(OH)–C–C–N with tert-alkyl or cyclic N) is 1. The van der Waals surface area contributed by atoms with Gasteiger partial charge in [0, 0.05) is 44.5 Å². The Labute approximate surface area is 143 Å². The number of aliphatic hydroxyl groups is 1. The summed E-state index contributed by atoms with van der Waals surface area (Å²) < 4.78 is 5.52. The number of hydrogen-bond donors (Lipinski definition) is 1. The average Bonchev–Trinajstić information content (AvgIpc) is 3.01. The summed E-state index contributed by atoms with van der Waals surface area (Å²) in [6, 6.07) is 6.25. The van der Waals surface area contributed by atoms with Gasteiger partial charge in [-0.2, -0.15) is 0 Å². The molecule has 6 nitrogen and oxygen atoms in total. The summed E-state index contributed by atoms with van der Waals surface area (Å²) in [5, 5.41) is 10.3. The second-order valence-electron chi connectivity index (χ2n) is 6.62. The zero-order chi connectivity index (χ0) is 17.1. The van der Waals surface area contributed by atoms with Crippen LogP contribution in [0.4, 0.5) is 5.82 Å². The highest BCUT2D eigenvalue weighted by molar-refractivity contribution is 5.39. The molecule has 2 aromatic rings. The molecule has 0 aromatic carbocycles. The molecule has 1 saturated heterocycles. The van der Waals surface area contributed by atoms with Crippen molar-refractivity contribution in [2.75, 3.05) is 31.6 Å². The average molecular weight is 330 g/mol. The van der Waals surface area contributed by atoms with Gasteiger partial charge in [0.2, 0.25) is 0 Å². The fraction of sp³-hybridized carbons (Fsp3) is 0.556. The van der Waals surface area contributed by atoms with Gasteiger partial charge in [-0.1, -0.05) is 0 Å². The first-order chi connectivity index (χ1) is 11.5. The SMILES string of the molecule is Cc1cc(N(C)C2CCN(CC(O)c3ccc(C)o3)CC2)ncn1. The number of anilines is 1. The summed E-state index contributed by atoms with van der Waals surface area (Å²) in [4.78, 5) is 13.1. The molecule has 3 rings (SSSR count). The minimum atomic E-state index is -0.558. The van der Waals surface area contributed by atoms with E-state index < -0.39 is 6.10 Å². The molecule has 1 aliphatic rings. The Morgan fingerprint density at radius 2 is 2.04 bits per heavy atom. The van der Waals surface area contributed by atoms with E-state index in [0.717, 1.165) is 43.2 Å². The second kappa shape index (κ2) is 7.32. The number of aromatic nitrogens is 2.